The van der Waals surface area contributed by atoms with Gasteiger partial charge in [-0.1, -0.05) is 11.6 Å². The van der Waals surface area contributed by atoms with Gasteiger partial charge in [0.25, 0.3) is 0 Å². The van der Waals surface area contributed by atoms with E-state index in [4.69, 9.17) is 5.26 Å². The molecule has 1 aliphatic carbocycles. The SMILES string of the molecule is CC(CC#N)N(C)CCC1=CCCCC1. The summed E-state index contributed by atoms with van der Waals surface area (Å²) in [4.78, 5) is 2.29. The number of allylic oxidation sites excluding steroid dienone is 1. The molecule has 0 spiro atoms. The minimum atomic E-state index is 0.388. The topological polar surface area (TPSA) is 27.0 Å². The van der Waals surface area contributed by atoms with Crippen molar-refractivity contribution in [2.24, 2.45) is 0 Å². The highest BCUT2D eigenvalue weighted by molar-refractivity contribution is 5.05. The maximum atomic E-state index is 8.61. The standard InChI is InChI=1S/C13H22N2/c1-12(8-10-14)15(2)11-9-13-6-4-3-5-7-13/h6,12H,3-5,7-9,11H2,1-2H3. The van der Waals surface area contributed by atoms with Gasteiger partial charge in [-0.15, -0.1) is 0 Å². The Morgan fingerprint density at radius 1 is 1.53 bits per heavy atom. The van der Waals surface area contributed by atoms with Crippen molar-refractivity contribution in [2.75, 3.05) is 13.6 Å². The second kappa shape index (κ2) is 6.63. The maximum absolute atomic E-state index is 8.61. The van der Waals surface area contributed by atoms with Crippen molar-refractivity contribution in [1.82, 2.24) is 4.90 Å². The molecule has 84 valence electrons. The molecule has 0 N–H and O–H groups in total. The van der Waals surface area contributed by atoms with Crippen LogP contribution >= 0.6 is 0 Å². The van der Waals surface area contributed by atoms with Gasteiger partial charge in [0.05, 0.1) is 12.5 Å². The minimum absolute atomic E-state index is 0.388. The molecule has 0 heterocycles. The summed E-state index contributed by atoms with van der Waals surface area (Å²) in [5.41, 5.74) is 1.62. The van der Waals surface area contributed by atoms with Gasteiger partial charge >= 0.3 is 0 Å². The molecule has 0 radical (unpaired) electrons. The Morgan fingerprint density at radius 3 is 2.93 bits per heavy atom. The largest absolute Gasteiger partial charge is 0.302 e. The molecule has 0 aliphatic heterocycles. The summed E-state index contributed by atoms with van der Waals surface area (Å²) in [5.74, 6) is 0. The Kier molecular flexibility index (Phi) is 5.42. The van der Waals surface area contributed by atoms with Gasteiger partial charge in [0.15, 0.2) is 0 Å². The highest BCUT2D eigenvalue weighted by Gasteiger charge is 2.10. The summed E-state index contributed by atoms with van der Waals surface area (Å²) in [6.07, 6.45) is 9.52. The molecule has 0 saturated heterocycles. The highest BCUT2D eigenvalue weighted by Crippen LogP contribution is 2.20. The van der Waals surface area contributed by atoms with Crippen LogP contribution in [0.15, 0.2) is 11.6 Å². The molecule has 1 unspecified atom stereocenters. The fourth-order valence-electron chi connectivity index (χ4n) is 1.96. The molecule has 0 bridgehead atoms. The number of rotatable bonds is 5. The van der Waals surface area contributed by atoms with Crippen molar-refractivity contribution in [3.63, 3.8) is 0 Å². The van der Waals surface area contributed by atoms with Crippen LogP contribution in [-0.2, 0) is 0 Å². The molecule has 1 rings (SSSR count). The maximum Gasteiger partial charge on any atom is 0.0638 e. The Balaban J connectivity index is 2.24. The molecule has 0 amide bonds. The first kappa shape index (κ1) is 12.3. The van der Waals surface area contributed by atoms with Gasteiger partial charge < -0.3 is 4.90 Å². The van der Waals surface area contributed by atoms with Crippen LogP contribution in [0.5, 0.6) is 0 Å². The number of hydrogen-bond acceptors (Lipinski definition) is 2. The predicted molar refractivity (Wildman–Crippen MR) is 63.5 cm³/mol. The van der Waals surface area contributed by atoms with E-state index in [1.165, 1.54) is 32.1 Å². The minimum Gasteiger partial charge on any atom is -0.302 e. The molecule has 2 nitrogen and oxygen atoms in total. The molecule has 0 aromatic heterocycles. The lowest BCUT2D eigenvalue weighted by atomic mass is 9.97. The van der Waals surface area contributed by atoms with Crippen molar-refractivity contribution in [2.45, 2.75) is 51.5 Å². The smallest absolute Gasteiger partial charge is 0.0638 e. The average Bonchev–Trinajstić information content (AvgIpc) is 2.27. The number of nitrogens with zero attached hydrogens (tertiary/aromatic N) is 2. The Labute approximate surface area is 93.6 Å². The van der Waals surface area contributed by atoms with Crippen LogP contribution in [0.1, 0.15) is 45.4 Å². The summed E-state index contributed by atoms with van der Waals surface area (Å²) >= 11 is 0. The van der Waals surface area contributed by atoms with Gasteiger partial charge in [0.2, 0.25) is 0 Å². The lowest BCUT2D eigenvalue weighted by molar-refractivity contribution is 0.262. The highest BCUT2D eigenvalue weighted by atomic mass is 15.1. The summed E-state index contributed by atoms with van der Waals surface area (Å²) in [6.45, 7) is 3.22. The summed E-state index contributed by atoms with van der Waals surface area (Å²) < 4.78 is 0. The second-order valence-electron chi connectivity index (χ2n) is 4.55. The Hall–Kier alpha value is -0.810. The first-order valence-electron chi connectivity index (χ1n) is 5.99. The fourth-order valence-corrected chi connectivity index (χ4v) is 1.96. The van der Waals surface area contributed by atoms with Crippen LogP contribution in [0.4, 0.5) is 0 Å². The first-order chi connectivity index (χ1) is 7.24. The van der Waals surface area contributed by atoms with Crippen molar-refractivity contribution in [1.29, 1.82) is 5.26 Å². The summed E-state index contributed by atoms with van der Waals surface area (Å²) in [5, 5.41) is 8.61. The molecule has 1 aliphatic rings. The summed E-state index contributed by atoms with van der Waals surface area (Å²) in [6, 6.07) is 2.62. The lowest BCUT2D eigenvalue weighted by Crippen LogP contribution is -2.29. The average molecular weight is 206 g/mol. The molecular formula is C13H22N2. The van der Waals surface area contributed by atoms with E-state index < -0.39 is 0 Å². The van der Waals surface area contributed by atoms with Gasteiger partial charge in [-0.2, -0.15) is 5.26 Å². The Morgan fingerprint density at radius 2 is 2.33 bits per heavy atom. The van der Waals surface area contributed by atoms with E-state index in [2.05, 4.69) is 31.0 Å². The monoisotopic (exact) mass is 206 g/mol. The molecule has 0 aromatic rings. The van der Waals surface area contributed by atoms with Crippen molar-refractivity contribution >= 4 is 0 Å². The van der Waals surface area contributed by atoms with Gasteiger partial charge in [0.1, 0.15) is 0 Å². The van der Waals surface area contributed by atoms with E-state index in [0.29, 0.717) is 12.5 Å². The normalized spacial score (nSPS) is 18.4. The van der Waals surface area contributed by atoms with Crippen LogP contribution < -0.4 is 0 Å². The fraction of sp³-hybridized carbons (Fsp3) is 0.769. The molecule has 1 atom stereocenters. The van der Waals surface area contributed by atoms with Crippen molar-refractivity contribution in [3.05, 3.63) is 11.6 Å². The summed E-state index contributed by atoms with van der Waals surface area (Å²) in [7, 11) is 2.12. The third-order valence-corrected chi connectivity index (χ3v) is 3.31. The van der Waals surface area contributed by atoms with Crippen LogP contribution in [0.2, 0.25) is 0 Å². The molecule has 0 aromatic carbocycles. The number of hydrogen-bond donors (Lipinski definition) is 0. The van der Waals surface area contributed by atoms with Crippen LogP contribution in [0, 0.1) is 11.3 Å². The number of nitriles is 1. The second-order valence-corrected chi connectivity index (χ2v) is 4.55. The lowest BCUT2D eigenvalue weighted by Gasteiger charge is -2.23. The van der Waals surface area contributed by atoms with E-state index in [1.807, 2.05) is 0 Å². The zero-order chi connectivity index (χ0) is 11.1. The zero-order valence-corrected chi connectivity index (χ0v) is 10.00. The van der Waals surface area contributed by atoms with Gasteiger partial charge in [0, 0.05) is 12.6 Å². The molecular weight excluding hydrogens is 184 g/mol. The van der Waals surface area contributed by atoms with E-state index in [-0.39, 0.29) is 0 Å². The van der Waals surface area contributed by atoms with Crippen LogP contribution in [0.3, 0.4) is 0 Å². The van der Waals surface area contributed by atoms with Crippen molar-refractivity contribution in [3.8, 4) is 6.07 Å². The van der Waals surface area contributed by atoms with E-state index in [1.54, 1.807) is 5.57 Å². The van der Waals surface area contributed by atoms with E-state index in [0.717, 1.165) is 6.54 Å². The van der Waals surface area contributed by atoms with Crippen LogP contribution in [-0.4, -0.2) is 24.5 Å². The van der Waals surface area contributed by atoms with Gasteiger partial charge in [-0.3, -0.25) is 0 Å². The molecule has 0 fully saturated rings. The van der Waals surface area contributed by atoms with Gasteiger partial charge in [-0.25, -0.2) is 0 Å². The third-order valence-electron chi connectivity index (χ3n) is 3.31. The van der Waals surface area contributed by atoms with E-state index in [9.17, 15) is 0 Å². The third kappa shape index (κ3) is 4.48. The van der Waals surface area contributed by atoms with E-state index >= 15 is 0 Å². The molecule has 15 heavy (non-hydrogen) atoms. The first-order valence-corrected chi connectivity index (χ1v) is 5.99. The zero-order valence-electron chi connectivity index (χ0n) is 10.00. The predicted octanol–water partition coefficient (Wildman–Crippen LogP) is 3.11. The quantitative estimate of drug-likeness (QED) is 0.646. The van der Waals surface area contributed by atoms with Crippen LogP contribution in [0.25, 0.3) is 0 Å². The van der Waals surface area contributed by atoms with Gasteiger partial charge in [-0.05, 0) is 46.1 Å². The molecule has 2 heteroatoms. The Bertz CT molecular complexity index is 250. The molecule has 0 saturated carbocycles. The van der Waals surface area contributed by atoms with Crippen molar-refractivity contribution < 1.29 is 0 Å².